The minimum Gasteiger partial charge on any atom is -0.481 e. The monoisotopic (exact) mass is 490 g/mol. The number of nitrogens with two attached hydrogens (primary N) is 1. The van der Waals surface area contributed by atoms with Gasteiger partial charge in [-0.3, -0.25) is 29.3 Å². The average Bonchev–Trinajstić information content (AvgIpc) is 3.10. The number of amides is 3. The van der Waals surface area contributed by atoms with Crippen LogP contribution in [0.3, 0.4) is 0 Å². The third kappa shape index (κ3) is 10.1. The summed E-state index contributed by atoms with van der Waals surface area (Å²) in [5.74, 6) is -0.565. The van der Waals surface area contributed by atoms with Crippen molar-refractivity contribution in [2.75, 3.05) is 11.5 Å². The first-order chi connectivity index (χ1) is 15.8. The lowest BCUT2D eigenvalue weighted by molar-refractivity contribution is -0.136. The number of benzene rings is 2. The number of nitrogens with one attached hydrogen (secondary N) is 1. The van der Waals surface area contributed by atoms with E-state index in [0.717, 1.165) is 12.0 Å². The van der Waals surface area contributed by atoms with Gasteiger partial charge in [0.15, 0.2) is 6.29 Å². The Balaban J connectivity index is 0.000000247. The zero-order chi connectivity index (χ0) is 24.6. The van der Waals surface area contributed by atoms with Crippen LogP contribution in [0.5, 0.6) is 0 Å². The largest absolute Gasteiger partial charge is 0.481 e. The van der Waals surface area contributed by atoms with Gasteiger partial charge in [0, 0.05) is 29.1 Å². The molecule has 0 atom stereocenters. The van der Waals surface area contributed by atoms with Crippen LogP contribution in [0.2, 0.25) is 0 Å². The third-order valence-corrected chi connectivity index (χ3v) is 6.24. The van der Waals surface area contributed by atoms with Gasteiger partial charge in [-0.25, -0.2) is 0 Å². The van der Waals surface area contributed by atoms with Gasteiger partial charge in [-0.15, -0.1) is 0 Å². The molecule has 9 nitrogen and oxygen atoms in total. The molecule has 4 N–H and O–H groups in total. The molecule has 0 fully saturated rings. The molecule has 33 heavy (non-hydrogen) atoms. The standard InChI is InChI=1S/C8H5NO2.C8H7NO2.C6H10O3S2/c10-7-5-3-1-2-4-6(5)8(11)9-7;9-8(11)7-4-2-1-3-6(7)5-10;7-3-1-4-10-11-5-2-6(8)9/h1-4H,(H,9,10,11);1-5H,(H2,9,11);3H,1-2,4-5H2,(H,8,9). The summed E-state index contributed by atoms with van der Waals surface area (Å²) in [6, 6.07) is 13.1. The van der Waals surface area contributed by atoms with Crippen LogP contribution in [0, 0.1) is 0 Å². The molecule has 0 spiro atoms. The normalized spacial score (nSPS) is 11.0. The van der Waals surface area contributed by atoms with Crippen molar-refractivity contribution in [3.8, 4) is 0 Å². The summed E-state index contributed by atoms with van der Waals surface area (Å²) in [7, 11) is 3.04. The van der Waals surface area contributed by atoms with E-state index in [1.165, 1.54) is 16.9 Å². The first-order valence-corrected chi connectivity index (χ1v) is 12.0. The van der Waals surface area contributed by atoms with E-state index in [0.29, 0.717) is 35.2 Å². The van der Waals surface area contributed by atoms with Crippen molar-refractivity contribution in [1.29, 1.82) is 0 Å². The second-order valence-electron chi connectivity index (χ2n) is 6.14. The second kappa shape index (κ2) is 15.4. The highest BCUT2D eigenvalue weighted by atomic mass is 33.1. The number of rotatable bonds is 9. The number of fused-ring (bicyclic) bond motifs is 1. The summed E-state index contributed by atoms with van der Waals surface area (Å²) in [6.07, 6.45) is 2.22. The van der Waals surface area contributed by atoms with Crippen molar-refractivity contribution in [2.45, 2.75) is 12.8 Å². The topological polar surface area (TPSA) is 161 Å². The summed E-state index contributed by atoms with van der Waals surface area (Å²) in [4.78, 5) is 62.7. The lowest BCUT2D eigenvalue weighted by Gasteiger charge is -1.96. The minimum atomic E-state index is -0.770. The number of carboxylic acids is 1. The fourth-order valence-corrected chi connectivity index (χ4v) is 4.22. The summed E-state index contributed by atoms with van der Waals surface area (Å²) in [5.41, 5.74) is 6.53. The van der Waals surface area contributed by atoms with Gasteiger partial charge < -0.3 is 15.6 Å². The predicted octanol–water partition coefficient (Wildman–Crippen LogP) is 2.60. The molecule has 0 aliphatic carbocycles. The Morgan fingerprint density at radius 2 is 1.45 bits per heavy atom. The minimum absolute atomic E-state index is 0.193. The zero-order valence-electron chi connectivity index (χ0n) is 17.4. The van der Waals surface area contributed by atoms with Gasteiger partial charge in [0.25, 0.3) is 11.8 Å². The first-order valence-electron chi connectivity index (χ1n) is 9.50. The van der Waals surface area contributed by atoms with Crippen molar-refractivity contribution >= 4 is 57.9 Å². The van der Waals surface area contributed by atoms with Crippen LogP contribution in [-0.4, -0.2) is 52.9 Å². The quantitative estimate of drug-likeness (QED) is 0.208. The number of aldehydes is 2. The molecule has 0 saturated heterocycles. The van der Waals surface area contributed by atoms with E-state index in [-0.39, 0.29) is 23.8 Å². The number of aliphatic carboxylic acids is 1. The van der Waals surface area contributed by atoms with Gasteiger partial charge in [0.2, 0.25) is 5.91 Å². The number of primary amides is 1. The Bertz CT molecular complexity index is 970. The summed E-state index contributed by atoms with van der Waals surface area (Å²) < 4.78 is 0. The van der Waals surface area contributed by atoms with Gasteiger partial charge in [-0.2, -0.15) is 0 Å². The van der Waals surface area contributed by atoms with E-state index >= 15 is 0 Å². The van der Waals surface area contributed by atoms with Crippen LogP contribution in [0.25, 0.3) is 0 Å². The molecule has 3 rings (SSSR count). The molecule has 1 heterocycles. The van der Waals surface area contributed by atoms with E-state index in [9.17, 15) is 28.8 Å². The fraction of sp³-hybridized carbons (Fsp3) is 0.182. The van der Waals surface area contributed by atoms with E-state index in [2.05, 4.69) is 5.32 Å². The van der Waals surface area contributed by atoms with E-state index < -0.39 is 11.9 Å². The highest BCUT2D eigenvalue weighted by Crippen LogP contribution is 2.21. The summed E-state index contributed by atoms with van der Waals surface area (Å²) in [5, 5.41) is 10.4. The van der Waals surface area contributed by atoms with Crippen molar-refractivity contribution < 1.29 is 33.9 Å². The zero-order valence-corrected chi connectivity index (χ0v) is 19.0. The van der Waals surface area contributed by atoms with Gasteiger partial charge >= 0.3 is 5.97 Å². The lowest BCUT2D eigenvalue weighted by Crippen LogP contribution is -2.19. The molecular weight excluding hydrogens is 468 g/mol. The Morgan fingerprint density at radius 1 is 0.909 bits per heavy atom. The first kappa shape index (κ1) is 27.6. The second-order valence-corrected chi connectivity index (χ2v) is 8.84. The van der Waals surface area contributed by atoms with Crippen LogP contribution in [0.15, 0.2) is 48.5 Å². The third-order valence-electron chi connectivity index (χ3n) is 3.80. The average molecular weight is 491 g/mol. The molecule has 11 heteroatoms. The molecule has 1 aliphatic heterocycles. The maximum atomic E-state index is 10.9. The molecule has 2 aromatic rings. The smallest absolute Gasteiger partial charge is 0.304 e. The Hall–Kier alpha value is -3.44. The maximum absolute atomic E-state index is 10.9. The van der Waals surface area contributed by atoms with E-state index in [1.807, 2.05) is 0 Å². The molecule has 0 saturated carbocycles. The summed E-state index contributed by atoms with van der Waals surface area (Å²) >= 11 is 0. The van der Waals surface area contributed by atoms with Gasteiger partial charge in [0.1, 0.15) is 6.29 Å². The van der Waals surface area contributed by atoms with Crippen LogP contribution in [-0.2, 0) is 9.59 Å². The lowest BCUT2D eigenvalue weighted by atomic mass is 10.1. The van der Waals surface area contributed by atoms with Crippen LogP contribution in [0.4, 0.5) is 0 Å². The molecule has 0 radical (unpaired) electrons. The van der Waals surface area contributed by atoms with Crippen molar-refractivity contribution in [2.24, 2.45) is 5.73 Å². The van der Waals surface area contributed by atoms with Gasteiger partial charge in [-0.05, 0) is 18.2 Å². The van der Waals surface area contributed by atoms with Crippen molar-refractivity contribution in [3.05, 3.63) is 70.8 Å². The molecule has 2 aromatic carbocycles. The molecule has 3 amide bonds. The highest BCUT2D eigenvalue weighted by molar-refractivity contribution is 8.76. The molecule has 0 unspecified atom stereocenters. The van der Waals surface area contributed by atoms with Crippen LogP contribution < -0.4 is 11.1 Å². The number of imide groups is 1. The van der Waals surface area contributed by atoms with Gasteiger partial charge in [-0.1, -0.05) is 51.9 Å². The van der Waals surface area contributed by atoms with E-state index in [1.54, 1.807) is 53.3 Å². The van der Waals surface area contributed by atoms with Gasteiger partial charge in [0.05, 0.1) is 17.5 Å². The van der Waals surface area contributed by atoms with E-state index in [4.69, 9.17) is 10.8 Å². The number of carbonyl (C=O) groups is 6. The summed E-state index contributed by atoms with van der Waals surface area (Å²) in [6.45, 7) is 0. The number of hydrogen-bond donors (Lipinski definition) is 3. The van der Waals surface area contributed by atoms with Crippen molar-refractivity contribution in [3.63, 3.8) is 0 Å². The SMILES string of the molecule is NC(=O)c1ccccc1C=O.O=C1NC(=O)c2ccccc21.O=CCCSSCCC(=O)O. The van der Waals surface area contributed by atoms with Crippen LogP contribution in [0.1, 0.15) is 54.3 Å². The van der Waals surface area contributed by atoms with Crippen LogP contribution >= 0.6 is 21.6 Å². The number of carboxylic acid groups (broad SMARTS) is 1. The molecular formula is C22H22N2O7S2. The van der Waals surface area contributed by atoms with Crippen molar-refractivity contribution in [1.82, 2.24) is 5.32 Å². The molecule has 174 valence electrons. The highest BCUT2D eigenvalue weighted by Gasteiger charge is 2.25. The molecule has 1 aliphatic rings. The fourth-order valence-electron chi connectivity index (χ4n) is 2.28. The Morgan fingerprint density at radius 3 is 1.94 bits per heavy atom. The maximum Gasteiger partial charge on any atom is 0.304 e. The Kier molecular flexibility index (Phi) is 12.9. The molecule has 0 aromatic heterocycles. The number of carbonyl (C=O) groups excluding carboxylic acids is 5. The number of hydrogen-bond acceptors (Lipinski definition) is 8. The predicted molar refractivity (Wildman–Crippen MR) is 126 cm³/mol. The Labute approximate surface area is 197 Å². The molecule has 0 bridgehead atoms.